The Balaban J connectivity index is 1.74. The highest BCUT2D eigenvalue weighted by atomic mass is 19.4. The number of rotatable bonds is 10. The lowest BCUT2D eigenvalue weighted by Crippen LogP contribution is -2.48. The minimum atomic E-state index is -4.59. The number of nitrogens with two attached hydrogens (primary N) is 2. The van der Waals surface area contributed by atoms with Crippen LogP contribution in [0.2, 0.25) is 0 Å². The third kappa shape index (κ3) is 6.08. The van der Waals surface area contributed by atoms with E-state index in [1.165, 1.54) is 12.1 Å². The van der Waals surface area contributed by atoms with Gasteiger partial charge in [0.25, 0.3) is 0 Å². The van der Waals surface area contributed by atoms with Crippen molar-refractivity contribution in [3.05, 3.63) is 41.8 Å². The van der Waals surface area contributed by atoms with Crippen LogP contribution < -0.4 is 16.2 Å². The molecule has 10 heteroatoms. The first-order valence-electron chi connectivity index (χ1n) is 10.9. The largest absolute Gasteiger partial charge is 0.489 e. The molecule has 0 radical (unpaired) electrons. The van der Waals surface area contributed by atoms with Crippen LogP contribution in [-0.4, -0.2) is 34.5 Å². The zero-order chi connectivity index (χ0) is 23.1. The molecular formula is C22H30F3N5O2. The number of halogens is 3. The van der Waals surface area contributed by atoms with Crippen LogP contribution in [0.1, 0.15) is 62.9 Å². The van der Waals surface area contributed by atoms with Crippen molar-refractivity contribution in [2.75, 3.05) is 13.2 Å². The van der Waals surface area contributed by atoms with Gasteiger partial charge in [-0.3, -0.25) is 4.90 Å². The van der Waals surface area contributed by atoms with Crippen LogP contribution in [0, 0.1) is 0 Å². The number of likely N-dealkylation sites (tertiary alicyclic amines) is 1. The maximum Gasteiger partial charge on any atom is 0.419 e. The summed E-state index contributed by atoms with van der Waals surface area (Å²) in [5.41, 5.74) is 10.9. The predicted octanol–water partition coefficient (Wildman–Crippen LogP) is 4.61. The van der Waals surface area contributed by atoms with E-state index >= 15 is 0 Å². The summed E-state index contributed by atoms with van der Waals surface area (Å²) in [6.45, 7) is 2.87. The molecule has 2 aromatic rings. The summed E-state index contributed by atoms with van der Waals surface area (Å²) in [6, 6.07) is 3.52. The molecule has 1 atom stereocenters. The summed E-state index contributed by atoms with van der Waals surface area (Å²) < 4.78 is 51.7. The number of aromatic nitrogens is 2. The van der Waals surface area contributed by atoms with Crippen LogP contribution >= 0.6 is 0 Å². The molecule has 3 rings (SSSR count). The third-order valence-corrected chi connectivity index (χ3v) is 5.42. The second kappa shape index (κ2) is 10.9. The quantitative estimate of drug-likeness (QED) is 0.308. The first kappa shape index (κ1) is 24.2. The van der Waals surface area contributed by atoms with Crippen LogP contribution in [0.25, 0.3) is 11.4 Å². The molecule has 176 valence electrons. The Kier molecular flexibility index (Phi) is 8.27. The molecule has 0 amide bonds. The summed E-state index contributed by atoms with van der Waals surface area (Å²) in [5.74, 6) is 0.130. The number of unbranched alkanes of at least 4 members (excludes halogenated alkanes) is 3. The molecule has 4 N–H and O–H groups in total. The van der Waals surface area contributed by atoms with Gasteiger partial charge in [-0.05, 0) is 43.9 Å². The number of benzene rings is 1. The fourth-order valence-corrected chi connectivity index (χ4v) is 3.75. The Bertz CT molecular complexity index is 898. The smallest absolute Gasteiger partial charge is 0.419 e. The molecule has 0 bridgehead atoms. The van der Waals surface area contributed by atoms with E-state index in [1.54, 1.807) is 6.08 Å². The van der Waals surface area contributed by atoms with E-state index in [0.29, 0.717) is 12.4 Å². The Morgan fingerprint density at radius 3 is 2.81 bits per heavy atom. The lowest BCUT2D eigenvalue weighted by molar-refractivity contribution is -0.138. The first-order chi connectivity index (χ1) is 15.3. The number of hydrogen-bond donors (Lipinski definition) is 2. The van der Waals surface area contributed by atoms with Crippen molar-refractivity contribution in [1.29, 1.82) is 0 Å². The number of ether oxygens (including phenoxy) is 1. The molecule has 32 heavy (non-hydrogen) atoms. The zero-order valence-electron chi connectivity index (χ0n) is 18.1. The first-order valence-corrected chi connectivity index (χ1v) is 10.9. The highest BCUT2D eigenvalue weighted by Gasteiger charge is 2.36. The number of hydrogen-bond acceptors (Lipinski definition) is 7. The van der Waals surface area contributed by atoms with Crippen LogP contribution in [0.3, 0.4) is 0 Å². The topological polar surface area (TPSA) is 103 Å². The summed E-state index contributed by atoms with van der Waals surface area (Å²) in [6.07, 6.45) is 4.19. The fourth-order valence-electron chi connectivity index (χ4n) is 3.75. The van der Waals surface area contributed by atoms with Crippen molar-refractivity contribution in [2.24, 2.45) is 11.5 Å². The van der Waals surface area contributed by atoms with Crippen LogP contribution in [0.4, 0.5) is 13.2 Å². The molecule has 1 aromatic heterocycles. The number of allylic oxidation sites excluding steroid dienone is 1. The Morgan fingerprint density at radius 2 is 2.09 bits per heavy atom. The van der Waals surface area contributed by atoms with Crippen molar-refractivity contribution in [2.45, 2.75) is 64.0 Å². The van der Waals surface area contributed by atoms with E-state index in [1.807, 2.05) is 11.0 Å². The van der Waals surface area contributed by atoms with E-state index in [9.17, 15) is 13.2 Å². The minimum Gasteiger partial charge on any atom is -0.489 e. The SMILES string of the molecule is CCCCC/C=C/COc1ccc(-c2noc([C@@H]3CCCN3C(N)N)n2)cc1C(F)(F)F. The van der Waals surface area contributed by atoms with Crippen molar-refractivity contribution < 1.29 is 22.4 Å². The van der Waals surface area contributed by atoms with Gasteiger partial charge in [-0.1, -0.05) is 37.1 Å². The van der Waals surface area contributed by atoms with Gasteiger partial charge in [0.05, 0.1) is 11.6 Å². The summed E-state index contributed by atoms with van der Waals surface area (Å²) in [4.78, 5) is 6.13. The second-order valence-electron chi connectivity index (χ2n) is 7.83. The lowest BCUT2D eigenvalue weighted by atomic mass is 10.1. The highest BCUT2D eigenvalue weighted by Crippen LogP contribution is 2.39. The summed E-state index contributed by atoms with van der Waals surface area (Å²) in [5, 5.41) is 3.87. The molecule has 1 saturated heterocycles. The van der Waals surface area contributed by atoms with Crippen molar-refractivity contribution in [3.8, 4) is 17.1 Å². The summed E-state index contributed by atoms with van der Waals surface area (Å²) >= 11 is 0. The van der Waals surface area contributed by atoms with Crippen molar-refractivity contribution >= 4 is 0 Å². The molecular weight excluding hydrogens is 423 g/mol. The maximum atomic E-state index is 13.7. The van der Waals surface area contributed by atoms with E-state index in [4.69, 9.17) is 20.7 Å². The Labute approximate surface area is 185 Å². The predicted molar refractivity (Wildman–Crippen MR) is 114 cm³/mol. The normalized spacial score (nSPS) is 17.7. The van der Waals surface area contributed by atoms with Gasteiger partial charge in [-0.2, -0.15) is 18.2 Å². The second-order valence-corrected chi connectivity index (χ2v) is 7.83. The number of nitrogens with zero attached hydrogens (tertiary/aromatic N) is 3. The Morgan fingerprint density at radius 1 is 1.28 bits per heavy atom. The van der Waals surface area contributed by atoms with Gasteiger partial charge in [0, 0.05) is 12.1 Å². The van der Waals surface area contributed by atoms with Gasteiger partial charge in [0.15, 0.2) is 0 Å². The van der Waals surface area contributed by atoms with Gasteiger partial charge in [0.2, 0.25) is 11.7 Å². The molecule has 1 aliphatic heterocycles. The van der Waals surface area contributed by atoms with E-state index in [0.717, 1.165) is 44.6 Å². The van der Waals surface area contributed by atoms with Gasteiger partial charge < -0.3 is 20.7 Å². The lowest BCUT2D eigenvalue weighted by Gasteiger charge is -2.24. The number of alkyl halides is 3. The molecule has 7 nitrogen and oxygen atoms in total. The molecule has 0 aliphatic carbocycles. The summed E-state index contributed by atoms with van der Waals surface area (Å²) in [7, 11) is 0. The van der Waals surface area contributed by atoms with Crippen LogP contribution in [0.5, 0.6) is 5.75 Å². The fraction of sp³-hybridized carbons (Fsp3) is 0.545. The molecule has 0 spiro atoms. The average molecular weight is 454 g/mol. The van der Waals surface area contributed by atoms with Gasteiger partial charge in [0.1, 0.15) is 18.6 Å². The molecule has 2 heterocycles. The molecule has 1 fully saturated rings. The monoisotopic (exact) mass is 453 g/mol. The minimum absolute atomic E-state index is 0.0672. The highest BCUT2D eigenvalue weighted by molar-refractivity contribution is 5.59. The van der Waals surface area contributed by atoms with Crippen LogP contribution in [0.15, 0.2) is 34.9 Å². The zero-order valence-corrected chi connectivity index (χ0v) is 18.1. The third-order valence-electron chi connectivity index (χ3n) is 5.42. The molecule has 1 aromatic carbocycles. The maximum absolute atomic E-state index is 13.7. The van der Waals surface area contributed by atoms with E-state index in [-0.39, 0.29) is 29.8 Å². The standard InChI is InChI=1S/C22H30F3N5O2/c1-2-3-4-5-6-7-13-31-18-11-10-15(14-16(18)22(23,24)25)19-28-20(32-29-19)17-9-8-12-30(17)21(26)27/h6-7,10-11,14,17,21H,2-5,8-9,12-13,26-27H2,1H3/b7-6+/t17-/m0/s1. The van der Waals surface area contributed by atoms with E-state index in [2.05, 4.69) is 17.1 Å². The Hall–Kier alpha value is -2.43. The molecule has 0 saturated carbocycles. The van der Waals surface area contributed by atoms with Gasteiger partial charge in [-0.25, -0.2) is 0 Å². The van der Waals surface area contributed by atoms with Gasteiger partial charge >= 0.3 is 6.18 Å². The van der Waals surface area contributed by atoms with Crippen molar-refractivity contribution in [3.63, 3.8) is 0 Å². The molecule has 1 aliphatic rings. The van der Waals surface area contributed by atoms with E-state index < -0.39 is 18.0 Å². The van der Waals surface area contributed by atoms with Gasteiger partial charge in [-0.15, -0.1) is 0 Å². The average Bonchev–Trinajstić information content (AvgIpc) is 3.42. The van der Waals surface area contributed by atoms with Crippen molar-refractivity contribution in [1.82, 2.24) is 15.0 Å². The van der Waals surface area contributed by atoms with Crippen LogP contribution in [-0.2, 0) is 6.18 Å². The molecule has 0 unspecified atom stereocenters.